The van der Waals surface area contributed by atoms with E-state index in [0.29, 0.717) is 28.2 Å². The van der Waals surface area contributed by atoms with Gasteiger partial charge in [-0.2, -0.15) is 5.10 Å². The number of hydrogen-bond donors (Lipinski definition) is 1. The molecular formula is C33H41FN4O5. The van der Waals surface area contributed by atoms with Crippen molar-refractivity contribution in [1.82, 2.24) is 19.9 Å². The lowest BCUT2D eigenvalue weighted by Crippen LogP contribution is -2.31. The molecule has 0 bridgehead atoms. The van der Waals surface area contributed by atoms with Gasteiger partial charge in [-0.05, 0) is 82.6 Å². The molecule has 2 heterocycles. The van der Waals surface area contributed by atoms with Gasteiger partial charge in [0, 0.05) is 23.7 Å². The summed E-state index contributed by atoms with van der Waals surface area (Å²) in [5, 5.41) is 7.26. The molecule has 4 rings (SSSR count). The van der Waals surface area contributed by atoms with Gasteiger partial charge in [-0.3, -0.25) is 9.59 Å². The smallest absolute Gasteiger partial charge is 0.340 e. The van der Waals surface area contributed by atoms with E-state index >= 15 is 0 Å². The molecule has 0 saturated carbocycles. The first-order valence-corrected chi connectivity index (χ1v) is 14.7. The monoisotopic (exact) mass is 592 g/mol. The number of ketones is 1. The molecule has 230 valence electrons. The van der Waals surface area contributed by atoms with Gasteiger partial charge in [0.1, 0.15) is 5.82 Å². The molecule has 9 nitrogen and oxygen atoms in total. The van der Waals surface area contributed by atoms with Gasteiger partial charge in [0.2, 0.25) is 0 Å². The lowest BCUT2D eigenvalue weighted by molar-refractivity contribution is -0.167. The highest BCUT2D eigenvalue weighted by atomic mass is 19.1. The Labute approximate surface area is 251 Å². The van der Waals surface area contributed by atoms with Crippen LogP contribution < -0.4 is 5.32 Å². The van der Waals surface area contributed by atoms with Crippen molar-refractivity contribution in [1.29, 1.82) is 0 Å². The average Bonchev–Trinajstić information content (AvgIpc) is 3.35. The van der Waals surface area contributed by atoms with E-state index in [1.807, 2.05) is 27.7 Å². The molecule has 1 N–H and O–H groups in total. The molecule has 10 heteroatoms. The number of ether oxygens (including phenoxy) is 2. The second kappa shape index (κ2) is 12.8. The van der Waals surface area contributed by atoms with Crippen molar-refractivity contribution in [3.8, 4) is 0 Å². The number of hydrogen-bond acceptors (Lipinski definition) is 7. The number of carbonyl (C=O) groups is 3. The first-order valence-electron chi connectivity index (χ1n) is 14.7. The second-order valence-electron chi connectivity index (χ2n) is 12.7. The van der Waals surface area contributed by atoms with Crippen molar-refractivity contribution in [3.63, 3.8) is 0 Å². The standard InChI is InChI=1S/C33H41FN4O5/c1-8-42-31(41)29(43-32(3,4)5)27-20(2)36-26-18-25(37-38(26)28(27)22-13-15-33(6,7)16-14-22)30(40)35-19-24(39)17-21-9-11-23(34)12-10-21/h9-13,18,29H,8,14-17,19H2,1-7H3,(H,35,40)/t29-/m0/s1. The number of aromatic nitrogens is 3. The zero-order chi connectivity index (χ0) is 31.5. The number of benzene rings is 1. The maximum Gasteiger partial charge on any atom is 0.340 e. The highest BCUT2D eigenvalue weighted by molar-refractivity contribution is 5.96. The highest BCUT2D eigenvalue weighted by Crippen LogP contribution is 2.41. The van der Waals surface area contributed by atoms with Gasteiger partial charge in [-0.15, -0.1) is 0 Å². The summed E-state index contributed by atoms with van der Waals surface area (Å²) in [6.07, 6.45) is 3.66. The minimum atomic E-state index is -1.06. The van der Waals surface area contributed by atoms with Gasteiger partial charge in [-0.1, -0.05) is 32.1 Å². The number of amides is 1. The van der Waals surface area contributed by atoms with E-state index in [4.69, 9.17) is 14.5 Å². The molecular weight excluding hydrogens is 551 g/mol. The molecule has 1 aromatic carbocycles. The number of esters is 1. The van der Waals surface area contributed by atoms with Crippen LogP contribution in [0.4, 0.5) is 4.39 Å². The number of nitrogens with one attached hydrogen (secondary N) is 1. The summed E-state index contributed by atoms with van der Waals surface area (Å²) >= 11 is 0. The number of allylic oxidation sites excluding steroid dienone is 2. The Balaban J connectivity index is 1.73. The van der Waals surface area contributed by atoms with Crippen LogP contribution in [0.1, 0.15) is 99.9 Å². The van der Waals surface area contributed by atoms with Crippen LogP contribution in [0.2, 0.25) is 0 Å². The summed E-state index contributed by atoms with van der Waals surface area (Å²) in [6.45, 7) is 13.6. The Bertz CT molecular complexity index is 1550. The SMILES string of the molecule is CCOC(=O)[C@@H](OC(C)(C)C)c1c(C)nc2cc(C(=O)NCC(=O)Cc3ccc(F)cc3)nn2c1C1=CCC(C)(C)CC1. The van der Waals surface area contributed by atoms with E-state index in [-0.39, 0.29) is 42.3 Å². The minimum absolute atomic E-state index is 0.0630. The van der Waals surface area contributed by atoms with E-state index in [1.165, 1.54) is 24.3 Å². The normalized spacial score (nSPS) is 15.6. The average molecular weight is 593 g/mol. The number of rotatable bonds is 10. The van der Waals surface area contributed by atoms with Crippen molar-refractivity contribution in [2.24, 2.45) is 5.41 Å². The Morgan fingerprint density at radius 1 is 1.16 bits per heavy atom. The van der Waals surface area contributed by atoms with Gasteiger partial charge >= 0.3 is 5.97 Å². The van der Waals surface area contributed by atoms with Crippen LogP contribution in [-0.4, -0.2) is 51.0 Å². The van der Waals surface area contributed by atoms with Gasteiger partial charge < -0.3 is 14.8 Å². The molecule has 0 unspecified atom stereocenters. The van der Waals surface area contributed by atoms with Crippen LogP contribution in [0.15, 0.2) is 36.4 Å². The van der Waals surface area contributed by atoms with Crippen molar-refractivity contribution >= 4 is 28.9 Å². The third kappa shape index (κ3) is 7.93. The second-order valence-corrected chi connectivity index (χ2v) is 12.7. The summed E-state index contributed by atoms with van der Waals surface area (Å²) in [6, 6.07) is 7.23. The molecule has 3 aromatic rings. The number of Topliss-reactive ketones (excluding diaryl/α,β-unsaturated/α-hetero) is 1. The van der Waals surface area contributed by atoms with Gasteiger partial charge in [0.05, 0.1) is 24.4 Å². The summed E-state index contributed by atoms with van der Waals surface area (Å²) in [5.41, 5.74) is 3.39. The predicted molar refractivity (Wildman–Crippen MR) is 161 cm³/mol. The highest BCUT2D eigenvalue weighted by Gasteiger charge is 2.36. The summed E-state index contributed by atoms with van der Waals surface area (Å²) < 4.78 is 26.5. The van der Waals surface area contributed by atoms with Crippen LogP contribution >= 0.6 is 0 Å². The third-order valence-corrected chi connectivity index (χ3v) is 7.33. The quantitative estimate of drug-likeness (QED) is 0.299. The lowest BCUT2D eigenvalue weighted by atomic mass is 9.77. The van der Waals surface area contributed by atoms with Crippen LogP contribution in [-0.2, 0) is 25.5 Å². The number of carbonyl (C=O) groups excluding carboxylic acids is 3. The number of aryl methyl sites for hydroxylation is 1. The Kier molecular flexibility index (Phi) is 9.49. The summed E-state index contributed by atoms with van der Waals surface area (Å²) in [7, 11) is 0. The molecule has 0 aliphatic heterocycles. The van der Waals surface area contributed by atoms with E-state index in [2.05, 4.69) is 30.3 Å². The first-order chi connectivity index (χ1) is 20.2. The van der Waals surface area contributed by atoms with E-state index in [0.717, 1.165) is 24.8 Å². The number of fused-ring (bicyclic) bond motifs is 1. The minimum Gasteiger partial charge on any atom is -0.464 e. The molecule has 1 aliphatic carbocycles. The van der Waals surface area contributed by atoms with E-state index in [1.54, 1.807) is 17.5 Å². The maximum absolute atomic E-state index is 13.3. The van der Waals surface area contributed by atoms with E-state index in [9.17, 15) is 18.8 Å². The van der Waals surface area contributed by atoms with Crippen LogP contribution in [0.25, 0.3) is 11.2 Å². The first kappa shape index (κ1) is 32.0. The Hall–Kier alpha value is -3.92. The largest absolute Gasteiger partial charge is 0.464 e. The van der Waals surface area contributed by atoms with Gasteiger partial charge in [0.15, 0.2) is 23.2 Å². The maximum atomic E-state index is 13.3. The van der Waals surface area contributed by atoms with Crippen LogP contribution in [0, 0.1) is 18.2 Å². The molecule has 1 aliphatic rings. The summed E-state index contributed by atoms with van der Waals surface area (Å²) in [5.74, 6) is -1.67. The molecule has 0 saturated heterocycles. The third-order valence-electron chi connectivity index (χ3n) is 7.33. The molecule has 1 amide bonds. The van der Waals surface area contributed by atoms with Crippen LogP contribution in [0.5, 0.6) is 0 Å². The summed E-state index contributed by atoms with van der Waals surface area (Å²) in [4.78, 5) is 43.7. The molecule has 0 spiro atoms. The fourth-order valence-electron chi connectivity index (χ4n) is 5.12. The Morgan fingerprint density at radius 3 is 2.47 bits per heavy atom. The molecule has 0 radical (unpaired) electrons. The van der Waals surface area contributed by atoms with Crippen molar-refractivity contribution in [2.45, 2.75) is 85.9 Å². The van der Waals surface area contributed by atoms with Gasteiger partial charge in [-0.25, -0.2) is 18.7 Å². The predicted octanol–water partition coefficient (Wildman–Crippen LogP) is 5.73. The number of halogens is 1. The van der Waals surface area contributed by atoms with Crippen LogP contribution in [0.3, 0.4) is 0 Å². The molecule has 43 heavy (non-hydrogen) atoms. The number of nitrogens with zero attached hydrogens (tertiary/aromatic N) is 3. The van der Waals surface area contributed by atoms with E-state index < -0.39 is 23.6 Å². The van der Waals surface area contributed by atoms with Crippen molar-refractivity contribution in [2.75, 3.05) is 13.2 Å². The zero-order valence-corrected chi connectivity index (χ0v) is 26.0. The molecule has 0 fully saturated rings. The molecule has 2 aromatic heterocycles. The topological polar surface area (TPSA) is 112 Å². The Morgan fingerprint density at radius 2 is 1.86 bits per heavy atom. The lowest BCUT2D eigenvalue weighted by Gasteiger charge is -2.32. The fourth-order valence-corrected chi connectivity index (χ4v) is 5.12. The van der Waals surface area contributed by atoms with Gasteiger partial charge in [0.25, 0.3) is 5.91 Å². The fraction of sp³-hybridized carbons (Fsp3) is 0.485. The molecule has 1 atom stereocenters. The van der Waals surface area contributed by atoms with Crippen molar-refractivity contribution in [3.05, 3.63) is 70.4 Å². The zero-order valence-electron chi connectivity index (χ0n) is 26.0. The van der Waals surface area contributed by atoms with Crippen molar-refractivity contribution < 1.29 is 28.2 Å².